The molecule has 0 saturated carbocycles. The lowest BCUT2D eigenvalue weighted by molar-refractivity contribution is -0.0799. The van der Waals surface area contributed by atoms with Crippen molar-refractivity contribution in [1.82, 2.24) is 19.1 Å². The van der Waals surface area contributed by atoms with Crippen LogP contribution in [0.15, 0.2) is 11.0 Å². The van der Waals surface area contributed by atoms with E-state index in [4.69, 9.17) is 10.5 Å². The number of hydrogen-bond donors (Lipinski definition) is 3. The minimum atomic E-state index is -1.82. The first-order chi connectivity index (χ1) is 11.4. The summed E-state index contributed by atoms with van der Waals surface area (Å²) in [6.45, 7) is 3.76. The maximum atomic E-state index is 14.3. The van der Waals surface area contributed by atoms with Gasteiger partial charge < -0.3 is 20.7 Å². The molecule has 0 spiro atoms. The summed E-state index contributed by atoms with van der Waals surface area (Å²) in [5, 5.41) is 20.1. The number of fused-ring (bicyclic) bond motifs is 1. The van der Waals surface area contributed by atoms with Gasteiger partial charge in [0.2, 0.25) is 5.95 Å². The highest BCUT2D eigenvalue weighted by Crippen LogP contribution is 2.34. The van der Waals surface area contributed by atoms with E-state index < -0.39 is 36.4 Å². The lowest BCUT2D eigenvalue weighted by atomic mass is 10.1. The Bertz CT molecular complexity index is 806. The summed E-state index contributed by atoms with van der Waals surface area (Å²) in [5.74, 6) is -0.0565. The number of rotatable bonds is 4. The first kappa shape index (κ1) is 16.8. The SMILES string of the molecule is CC[C@H](O)[C@H]1O[C@@H](n2c(=O)n(CC)c3cnc(N)nc32)[C@H](O)[C@H]1F. The quantitative estimate of drug-likeness (QED) is 0.688. The normalized spacial score (nSPS) is 28.5. The fourth-order valence-electron chi connectivity index (χ4n) is 3.02. The summed E-state index contributed by atoms with van der Waals surface area (Å²) in [5.41, 5.74) is 5.62. The summed E-state index contributed by atoms with van der Waals surface area (Å²) in [7, 11) is 0. The molecule has 3 rings (SSSR count). The molecule has 1 fully saturated rings. The molecule has 0 unspecified atom stereocenters. The molecule has 1 aliphatic heterocycles. The van der Waals surface area contributed by atoms with Crippen LogP contribution in [0.1, 0.15) is 26.5 Å². The van der Waals surface area contributed by atoms with Crippen LogP contribution in [0.4, 0.5) is 10.3 Å². The van der Waals surface area contributed by atoms with Gasteiger partial charge >= 0.3 is 5.69 Å². The zero-order valence-electron chi connectivity index (χ0n) is 13.3. The predicted molar refractivity (Wildman–Crippen MR) is 83.0 cm³/mol. The minimum Gasteiger partial charge on any atom is -0.390 e. The molecular formula is C14H20FN5O4. The van der Waals surface area contributed by atoms with Crippen LogP contribution >= 0.6 is 0 Å². The topological polar surface area (TPSA) is 128 Å². The van der Waals surface area contributed by atoms with E-state index in [0.29, 0.717) is 12.1 Å². The molecule has 0 amide bonds. The molecule has 0 radical (unpaired) electrons. The highest BCUT2D eigenvalue weighted by Gasteiger charge is 2.49. The number of halogens is 1. The van der Waals surface area contributed by atoms with Crippen LogP contribution in [0.3, 0.4) is 0 Å². The lowest BCUT2D eigenvalue weighted by Crippen LogP contribution is -2.36. The Hall–Kier alpha value is -2.04. The van der Waals surface area contributed by atoms with E-state index in [1.165, 1.54) is 10.8 Å². The molecule has 3 heterocycles. The van der Waals surface area contributed by atoms with E-state index in [2.05, 4.69) is 9.97 Å². The molecular weight excluding hydrogens is 321 g/mol. The third kappa shape index (κ3) is 2.38. The van der Waals surface area contributed by atoms with Gasteiger partial charge in [-0.2, -0.15) is 4.98 Å². The summed E-state index contributed by atoms with van der Waals surface area (Å²) in [4.78, 5) is 20.6. The van der Waals surface area contributed by atoms with E-state index in [0.717, 1.165) is 4.57 Å². The van der Waals surface area contributed by atoms with Crippen LogP contribution in [0.5, 0.6) is 0 Å². The number of hydrogen-bond acceptors (Lipinski definition) is 7. The van der Waals surface area contributed by atoms with E-state index >= 15 is 0 Å². The number of anilines is 1. The second kappa shape index (κ2) is 6.11. The molecule has 10 heteroatoms. The number of nitrogens with two attached hydrogens (primary N) is 1. The van der Waals surface area contributed by atoms with Gasteiger partial charge in [0.25, 0.3) is 0 Å². The fourth-order valence-corrected chi connectivity index (χ4v) is 3.02. The molecule has 2 aromatic heterocycles. The Balaban J connectivity index is 2.14. The molecule has 1 saturated heterocycles. The third-order valence-electron chi connectivity index (χ3n) is 4.32. The number of nitrogens with zero attached hydrogens (tertiary/aromatic N) is 4. The maximum absolute atomic E-state index is 14.3. The van der Waals surface area contributed by atoms with E-state index in [1.807, 2.05) is 0 Å². The van der Waals surface area contributed by atoms with Crippen LogP contribution in [-0.2, 0) is 11.3 Å². The van der Waals surface area contributed by atoms with Crippen molar-refractivity contribution in [1.29, 1.82) is 0 Å². The zero-order chi connectivity index (χ0) is 17.6. The number of aliphatic hydroxyl groups is 2. The molecule has 0 bridgehead atoms. The van der Waals surface area contributed by atoms with Gasteiger partial charge in [0, 0.05) is 6.54 Å². The Morgan fingerprint density at radius 3 is 2.83 bits per heavy atom. The van der Waals surface area contributed by atoms with Gasteiger partial charge in [-0.05, 0) is 13.3 Å². The van der Waals surface area contributed by atoms with Gasteiger partial charge in [-0.1, -0.05) is 6.92 Å². The molecule has 1 aliphatic rings. The van der Waals surface area contributed by atoms with E-state index in [9.17, 15) is 19.4 Å². The number of aromatic nitrogens is 4. The number of aryl methyl sites for hydroxylation is 1. The second-order valence-electron chi connectivity index (χ2n) is 5.74. The number of alkyl halides is 1. The van der Waals surface area contributed by atoms with Crippen LogP contribution in [0, 0.1) is 0 Å². The van der Waals surface area contributed by atoms with E-state index in [1.54, 1.807) is 13.8 Å². The van der Waals surface area contributed by atoms with Crippen molar-refractivity contribution in [3.63, 3.8) is 0 Å². The van der Waals surface area contributed by atoms with Crippen LogP contribution in [0.25, 0.3) is 11.2 Å². The Morgan fingerprint density at radius 1 is 1.50 bits per heavy atom. The molecule has 5 atom stereocenters. The summed E-state index contributed by atoms with van der Waals surface area (Å²) in [6.07, 6.45) is -5.40. The van der Waals surface area contributed by atoms with Gasteiger partial charge in [-0.3, -0.25) is 4.57 Å². The summed E-state index contributed by atoms with van der Waals surface area (Å²) >= 11 is 0. The molecule has 4 N–H and O–H groups in total. The fraction of sp³-hybridized carbons (Fsp3) is 0.643. The van der Waals surface area contributed by atoms with Gasteiger partial charge in [0.1, 0.15) is 17.7 Å². The minimum absolute atomic E-state index is 0.0565. The maximum Gasteiger partial charge on any atom is 0.332 e. The number of ether oxygens (including phenoxy) is 1. The van der Waals surface area contributed by atoms with Crippen molar-refractivity contribution in [2.75, 3.05) is 5.73 Å². The smallest absolute Gasteiger partial charge is 0.332 e. The predicted octanol–water partition coefficient (Wildman–Crippen LogP) is -0.438. The Labute approximate surface area is 136 Å². The largest absolute Gasteiger partial charge is 0.390 e. The molecule has 0 aliphatic carbocycles. The van der Waals surface area contributed by atoms with Crippen molar-refractivity contribution < 1.29 is 19.3 Å². The van der Waals surface area contributed by atoms with Crippen molar-refractivity contribution in [3.8, 4) is 0 Å². The van der Waals surface area contributed by atoms with Gasteiger partial charge in [0.05, 0.1) is 12.3 Å². The highest BCUT2D eigenvalue weighted by molar-refractivity contribution is 5.71. The average Bonchev–Trinajstić information content (AvgIpc) is 3.00. The number of nitrogen functional groups attached to an aromatic ring is 1. The third-order valence-corrected chi connectivity index (χ3v) is 4.32. The molecule has 9 nitrogen and oxygen atoms in total. The summed E-state index contributed by atoms with van der Waals surface area (Å²) < 4.78 is 22.3. The molecule has 2 aromatic rings. The Kier molecular flexibility index (Phi) is 4.28. The standard InChI is InChI=1S/C14H20FN5O4/c1-3-7(21)10-8(15)9(22)12(24-10)20-11-6(5-17-13(16)18-11)19(4-2)14(20)23/h5,7-10,12,21-22H,3-4H2,1-2H3,(H2,16,17,18)/t7-,8+,9+,10+,12+/m0/s1. The molecule has 0 aromatic carbocycles. The average molecular weight is 341 g/mol. The van der Waals surface area contributed by atoms with Gasteiger partial charge in [-0.25, -0.2) is 18.7 Å². The van der Waals surface area contributed by atoms with Crippen molar-refractivity contribution >= 4 is 17.1 Å². The molecule has 132 valence electrons. The van der Waals surface area contributed by atoms with E-state index in [-0.39, 0.29) is 18.0 Å². The lowest BCUT2D eigenvalue weighted by Gasteiger charge is -2.18. The zero-order valence-corrected chi connectivity index (χ0v) is 13.3. The van der Waals surface area contributed by atoms with Crippen molar-refractivity contribution in [2.45, 2.75) is 57.5 Å². The van der Waals surface area contributed by atoms with Crippen LogP contribution in [0.2, 0.25) is 0 Å². The van der Waals surface area contributed by atoms with Gasteiger partial charge in [-0.15, -0.1) is 0 Å². The number of aliphatic hydroxyl groups excluding tert-OH is 2. The molecule has 24 heavy (non-hydrogen) atoms. The first-order valence-electron chi connectivity index (χ1n) is 7.79. The summed E-state index contributed by atoms with van der Waals surface area (Å²) in [6, 6.07) is 0. The van der Waals surface area contributed by atoms with Crippen molar-refractivity contribution in [2.24, 2.45) is 0 Å². The Morgan fingerprint density at radius 2 is 2.21 bits per heavy atom. The first-order valence-corrected chi connectivity index (χ1v) is 7.79. The van der Waals surface area contributed by atoms with Crippen molar-refractivity contribution in [3.05, 3.63) is 16.7 Å². The van der Waals surface area contributed by atoms with Gasteiger partial charge in [0.15, 0.2) is 18.0 Å². The second-order valence-corrected chi connectivity index (χ2v) is 5.74. The number of imidazole rings is 1. The van der Waals surface area contributed by atoms with Crippen LogP contribution < -0.4 is 11.4 Å². The van der Waals surface area contributed by atoms with Crippen LogP contribution in [-0.4, -0.2) is 53.8 Å². The highest BCUT2D eigenvalue weighted by atomic mass is 19.1. The monoisotopic (exact) mass is 341 g/mol.